The van der Waals surface area contributed by atoms with Gasteiger partial charge in [0.2, 0.25) is 5.91 Å². The Morgan fingerprint density at radius 3 is 2.05 bits per heavy atom. The van der Waals surface area contributed by atoms with Gasteiger partial charge in [-0.2, -0.15) is 0 Å². The van der Waals surface area contributed by atoms with Gasteiger partial charge in [-0.15, -0.1) is 0 Å². The van der Waals surface area contributed by atoms with Crippen LogP contribution >= 0.6 is 0 Å². The molecule has 0 spiro atoms. The first-order chi connectivity index (χ1) is 9.41. The predicted molar refractivity (Wildman–Crippen MR) is 84.1 cm³/mol. The number of aryl methyl sites for hydroxylation is 1. The van der Waals surface area contributed by atoms with E-state index in [0.29, 0.717) is 0 Å². The number of amides is 1. The van der Waals surface area contributed by atoms with E-state index in [9.17, 15) is 4.79 Å². The van der Waals surface area contributed by atoms with Crippen LogP contribution < -0.4 is 4.90 Å². The van der Waals surface area contributed by atoms with Gasteiger partial charge in [-0.05, 0) is 24.1 Å². The summed E-state index contributed by atoms with van der Waals surface area (Å²) in [5, 5.41) is 0. The Balaban J connectivity index is 1.95. The highest BCUT2D eigenvalue weighted by molar-refractivity contribution is 5.81. The molecule has 1 aliphatic rings. The molecule has 3 nitrogen and oxygen atoms in total. The Morgan fingerprint density at radius 1 is 1.05 bits per heavy atom. The van der Waals surface area contributed by atoms with Crippen LogP contribution in [-0.2, 0) is 11.2 Å². The molecule has 2 rings (SSSR count). The van der Waals surface area contributed by atoms with E-state index in [1.54, 1.807) is 0 Å². The maximum Gasteiger partial charge on any atom is 0.228 e. The smallest absolute Gasteiger partial charge is 0.228 e. The molecule has 0 radical (unpaired) electrons. The van der Waals surface area contributed by atoms with Crippen molar-refractivity contribution >= 4 is 11.6 Å². The van der Waals surface area contributed by atoms with Gasteiger partial charge < -0.3 is 9.80 Å². The second kappa shape index (κ2) is 5.86. The summed E-state index contributed by atoms with van der Waals surface area (Å²) in [4.78, 5) is 16.6. The van der Waals surface area contributed by atoms with Crippen LogP contribution in [0.15, 0.2) is 24.3 Å². The number of piperazine rings is 1. The van der Waals surface area contributed by atoms with Crippen LogP contribution in [0, 0.1) is 5.41 Å². The summed E-state index contributed by atoms with van der Waals surface area (Å²) in [6.45, 7) is 11.6. The van der Waals surface area contributed by atoms with Gasteiger partial charge in [0.05, 0.1) is 0 Å². The molecule has 1 fully saturated rings. The molecule has 1 heterocycles. The minimum absolute atomic E-state index is 0.262. The average molecular weight is 274 g/mol. The molecule has 110 valence electrons. The summed E-state index contributed by atoms with van der Waals surface area (Å²) in [6, 6.07) is 8.78. The Bertz CT molecular complexity index is 451. The fourth-order valence-corrected chi connectivity index (χ4v) is 2.58. The summed E-state index contributed by atoms with van der Waals surface area (Å²) < 4.78 is 0. The van der Waals surface area contributed by atoms with E-state index in [0.717, 1.165) is 32.6 Å². The molecule has 1 aromatic carbocycles. The summed E-state index contributed by atoms with van der Waals surface area (Å²) in [5.74, 6) is 0.262. The first kappa shape index (κ1) is 14.9. The Morgan fingerprint density at radius 2 is 1.60 bits per heavy atom. The van der Waals surface area contributed by atoms with Crippen LogP contribution in [0.3, 0.4) is 0 Å². The maximum absolute atomic E-state index is 12.3. The molecule has 1 aromatic rings. The van der Waals surface area contributed by atoms with E-state index in [4.69, 9.17) is 0 Å². The maximum atomic E-state index is 12.3. The molecule has 1 saturated heterocycles. The summed E-state index contributed by atoms with van der Waals surface area (Å²) >= 11 is 0. The lowest BCUT2D eigenvalue weighted by atomic mass is 9.94. The quantitative estimate of drug-likeness (QED) is 0.828. The zero-order valence-corrected chi connectivity index (χ0v) is 13.1. The van der Waals surface area contributed by atoms with Gasteiger partial charge in [0, 0.05) is 37.3 Å². The standard InChI is InChI=1S/C17H26N2O/c1-5-14-6-8-15(9-7-14)18-10-12-19(13-11-18)16(20)17(2,3)4/h6-9H,5,10-13H2,1-4H3. The van der Waals surface area contributed by atoms with Gasteiger partial charge in [-0.3, -0.25) is 4.79 Å². The van der Waals surface area contributed by atoms with E-state index in [1.807, 2.05) is 25.7 Å². The highest BCUT2D eigenvalue weighted by Crippen LogP contribution is 2.21. The number of hydrogen-bond acceptors (Lipinski definition) is 2. The minimum Gasteiger partial charge on any atom is -0.368 e. The fraction of sp³-hybridized carbons (Fsp3) is 0.588. The lowest BCUT2D eigenvalue weighted by Crippen LogP contribution is -2.51. The number of hydrogen-bond donors (Lipinski definition) is 0. The van der Waals surface area contributed by atoms with Gasteiger partial charge >= 0.3 is 0 Å². The third-order valence-electron chi connectivity index (χ3n) is 3.92. The molecule has 0 atom stereocenters. The number of benzene rings is 1. The lowest BCUT2D eigenvalue weighted by Gasteiger charge is -2.38. The molecule has 1 aliphatic heterocycles. The van der Waals surface area contributed by atoms with Crippen molar-refractivity contribution in [3.8, 4) is 0 Å². The second-order valence-electron chi connectivity index (χ2n) is 6.55. The predicted octanol–water partition coefficient (Wildman–Crippen LogP) is 2.94. The van der Waals surface area contributed by atoms with Crippen molar-refractivity contribution in [1.82, 2.24) is 4.90 Å². The number of carbonyl (C=O) groups excluding carboxylic acids is 1. The Kier molecular flexibility index (Phi) is 4.36. The zero-order valence-electron chi connectivity index (χ0n) is 13.1. The van der Waals surface area contributed by atoms with Crippen LogP contribution in [-0.4, -0.2) is 37.0 Å². The van der Waals surface area contributed by atoms with Crippen molar-refractivity contribution in [2.24, 2.45) is 5.41 Å². The molecule has 0 aromatic heterocycles. The highest BCUT2D eigenvalue weighted by Gasteiger charge is 2.29. The molecule has 1 amide bonds. The number of nitrogens with zero attached hydrogens (tertiary/aromatic N) is 2. The van der Waals surface area contributed by atoms with Crippen molar-refractivity contribution in [3.63, 3.8) is 0 Å². The van der Waals surface area contributed by atoms with Gasteiger partial charge in [-0.1, -0.05) is 39.8 Å². The Hall–Kier alpha value is -1.51. The summed E-state index contributed by atoms with van der Waals surface area (Å²) in [5.41, 5.74) is 2.37. The number of rotatable bonds is 2. The third kappa shape index (κ3) is 3.33. The molecule has 0 aliphatic carbocycles. The molecule has 3 heteroatoms. The van der Waals surface area contributed by atoms with Gasteiger partial charge in [-0.25, -0.2) is 0 Å². The topological polar surface area (TPSA) is 23.6 Å². The largest absolute Gasteiger partial charge is 0.368 e. The Labute approximate surface area is 122 Å². The molecule has 0 unspecified atom stereocenters. The van der Waals surface area contributed by atoms with Crippen LogP contribution in [0.2, 0.25) is 0 Å². The zero-order chi connectivity index (χ0) is 14.8. The van der Waals surface area contributed by atoms with Crippen molar-refractivity contribution in [3.05, 3.63) is 29.8 Å². The molecular formula is C17H26N2O. The normalized spacial score (nSPS) is 16.4. The van der Waals surface area contributed by atoms with E-state index in [2.05, 4.69) is 36.1 Å². The van der Waals surface area contributed by atoms with Crippen molar-refractivity contribution < 1.29 is 4.79 Å². The van der Waals surface area contributed by atoms with Crippen LogP contribution in [0.1, 0.15) is 33.3 Å². The SMILES string of the molecule is CCc1ccc(N2CCN(C(=O)C(C)(C)C)CC2)cc1. The summed E-state index contributed by atoms with van der Waals surface area (Å²) in [7, 11) is 0. The second-order valence-corrected chi connectivity index (χ2v) is 6.55. The highest BCUT2D eigenvalue weighted by atomic mass is 16.2. The van der Waals surface area contributed by atoms with E-state index >= 15 is 0 Å². The van der Waals surface area contributed by atoms with Gasteiger partial charge in [0.25, 0.3) is 0 Å². The number of carbonyl (C=O) groups is 1. The first-order valence-electron chi connectivity index (χ1n) is 7.55. The molecule has 0 bridgehead atoms. The lowest BCUT2D eigenvalue weighted by molar-refractivity contribution is -0.139. The fourth-order valence-electron chi connectivity index (χ4n) is 2.58. The minimum atomic E-state index is -0.273. The van der Waals surface area contributed by atoms with Gasteiger partial charge in [0.15, 0.2) is 0 Å². The van der Waals surface area contributed by atoms with E-state index in [-0.39, 0.29) is 11.3 Å². The monoisotopic (exact) mass is 274 g/mol. The van der Waals surface area contributed by atoms with Gasteiger partial charge in [0.1, 0.15) is 0 Å². The number of anilines is 1. The van der Waals surface area contributed by atoms with Crippen molar-refractivity contribution in [1.29, 1.82) is 0 Å². The van der Waals surface area contributed by atoms with Crippen LogP contribution in [0.25, 0.3) is 0 Å². The van der Waals surface area contributed by atoms with Crippen LogP contribution in [0.5, 0.6) is 0 Å². The molecule has 0 saturated carbocycles. The summed E-state index contributed by atoms with van der Waals surface area (Å²) in [6.07, 6.45) is 1.08. The van der Waals surface area contributed by atoms with Crippen molar-refractivity contribution in [2.45, 2.75) is 34.1 Å². The van der Waals surface area contributed by atoms with Crippen molar-refractivity contribution in [2.75, 3.05) is 31.1 Å². The molecule has 0 N–H and O–H groups in total. The third-order valence-corrected chi connectivity index (χ3v) is 3.92. The molecular weight excluding hydrogens is 248 g/mol. The first-order valence-corrected chi connectivity index (χ1v) is 7.55. The van der Waals surface area contributed by atoms with E-state index < -0.39 is 0 Å². The van der Waals surface area contributed by atoms with E-state index in [1.165, 1.54) is 11.3 Å². The average Bonchev–Trinajstić information content (AvgIpc) is 2.46. The molecule has 20 heavy (non-hydrogen) atoms. The van der Waals surface area contributed by atoms with Crippen LogP contribution in [0.4, 0.5) is 5.69 Å².